The van der Waals surface area contributed by atoms with Crippen molar-refractivity contribution < 1.29 is 14.8 Å². The lowest BCUT2D eigenvalue weighted by atomic mass is 10.1. The number of amides is 1. The quantitative estimate of drug-likeness (QED) is 0.486. The van der Waals surface area contributed by atoms with Crippen LogP contribution in [0, 0.1) is 10.1 Å². The van der Waals surface area contributed by atoms with Gasteiger partial charge >= 0.3 is 0 Å². The van der Waals surface area contributed by atoms with Gasteiger partial charge in [-0.1, -0.05) is 22.0 Å². The molecule has 1 rings (SSSR count). The molecule has 0 aliphatic heterocycles. The Labute approximate surface area is 106 Å². The van der Waals surface area contributed by atoms with E-state index in [-0.39, 0.29) is 24.4 Å². The van der Waals surface area contributed by atoms with Crippen molar-refractivity contribution in [3.8, 4) is 0 Å². The molecule has 2 N–H and O–H groups in total. The number of rotatable bonds is 5. The number of hydrogen-bond acceptors (Lipinski definition) is 4. The largest absolute Gasteiger partial charge is 0.395 e. The molecule has 0 spiro atoms. The summed E-state index contributed by atoms with van der Waals surface area (Å²) in [6.07, 6.45) is 0. The molecule has 7 heteroatoms. The van der Waals surface area contributed by atoms with Crippen LogP contribution >= 0.6 is 15.9 Å². The summed E-state index contributed by atoms with van der Waals surface area (Å²) in [7, 11) is 0. The van der Waals surface area contributed by atoms with Crippen molar-refractivity contribution in [2.45, 2.75) is 5.33 Å². The Morgan fingerprint density at radius 2 is 2.24 bits per heavy atom. The van der Waals surface area contributed by atoms with E-state index in [2.05, 4.69) is 21.2 Å². The summed E-state index contributed by atoms with van der Waals surface area (Å²) in [5, 5.41) is 22.1. The number of benzene rings is 1. The molecule has 1 aromatic rings. The second-order valence-corrected chi connectivity index (χ2v) is 3.77. The highest BCUT2D eigenvalue weighted by Gasteiger charge is 2.16. The van der Waals surface area contributed by atoms with Gasteiger partial charge in [-0.3, -0.25) is 14.9 Å². The molecule has 0 fully saturated rings. The Kier molecular flexibility index (Phi) is 5.05. The van der Waals surface area contributed by atoms with E-state index >= 15 is 0 Å². The molecule has 0 radical (unpaired) electrons. The zero-order chi connectivity index (χ0) is 12.8. The minimum absolute atomic E-state index is 0.0986. The van der Waals surface area contributed by atoms with Crippen LogP contribution in [0.25, 0.3) is 0 Å². The topological polar surface area (TPSA) is 92.5 Å². The van der Waals surface area contributed by atoms with E-state index in [4.69, 9.17) is 5.11 Å². The fourth-order valence-corrected chi connectivity index (χ4v) is 1.73. The smallest absolute Gasteiger partial charge is 0.274 e. The number of alkyl halides is 1. The van der Waals surface area contributed by atoms with Gasteiger partial charge < -0.3 is 10.4 Å². The molecule has 6 nitrogen and oxygen atoms in total. The lowest BCUT2D eigenvalue weighted by molar-refractivity contribution is -0.385. The number of aliphatic hydroxyl groups excluding tert-OH is 1. The molecule has 1 amide bonds. The first-order valence-electron chi connectivity index (χ1n) is 4.82. The number of nitrogens with zero attached hydrogens (tertiary/aromatic N) is 1. The van der Waals surface area contributed by atoms with Crippen LogP contribution < -0.4 is 5.32 Å². The predicted molar refractivity (Wildman–Crippen MR) is 65.1 cm³/mol. The Bertz CT molecular complexity index is 436. The van der Waals surface area contributed by atoms with E-state index in [1.807, 2.05) is 0 Å². The molecule has 0 bridgehead atoms. The molecule has 1 aromatic carbocycles. The number of nitrogens with one attached hydrogen (secondary N) is 1. The van der Waals surface area contributed by atoms with Crippen molar-refractivity contribution in [2.24, 2.45) is 0 Å². The summed E-state index contributed by atoms with van der Waals surface area (Å²) in [6, 6.07) is 4.26. The van der Waals surface area contributed by atoms with E-state index in [9.17, 15) is 14.9 Å². The molecular weight excluding hydrogens is 292 g/mol. The third kappa shape index (κ3) is 3.50. The molecule has 0 atom stereocenters. The summed E-state index contributed by atoms with van der Waals surface area (Å²) in [5.41, 5.74) is 0.613. The molecule has 92 valence electrons. The minimum atomic E-state index is -0.528. The molecule has 0 aromatic heterocycles. The number of carbonyl (C=O) groups is 1. The average Bonchev–Trinajstić information content (AvgIpc) is 2.34. The number of hydrogen-bond donors (Lipinski definition) is 2. The van der Waals surface area contributed by atoms with Crippen molar-refractivity contribution in [1.82, 2.24) is 5.32 Å². The maximum atomic E-state index is 11.5. The number of nitro groups is 1. The van der Waals surface area contributed by atoms with Crippen LogP contribution in [-0.4, -0.2) is 29.1 Å². The van der Waals surface area contributed by atoms with Crippen LogP contribution in [0.3, 0.4) is 0 Å². The third-order valence-electron chi connectivity index (χ3n) is 2.09. The summed E-state index contributed by atoms with van der Waals surface area (Å²) >= 11 is 3.14. The first-order chi connectivity index (χ1) is 8.10. The van der Waals surface area contributed by atoms with Crippen molar-refractivity contribution in [2.75, 3.05) is 13.2 Å². The lowest BCUT2D eigenvalue weighted by Gasteiger charge is -2.04. The molecule has 0 unspecified atom stereocenters. The standard InChI is InChI=1S/C10H11BrN2O4/c11-6-8-2-1-7(5-9(8)13(16)17)10(15)12-3-4-14/h1-2,5,14H,3-4,6H2,(H,12,15). The van der Waals surface area contributed by atoms with Crippen molar-refractivity contribution in [1.29, 1.82) is 0 Å². The molecule has 17 heavy (non-hydrogen) atoms. The molecule has 0 aliphatic rings. The molecule has 0 aliphatic carbocycles. The van der Waals surface area contributed by atoms with E-state index in [1.165, 1.54) is 18.2 Å². The number of nitro benzene ring substituents is 1. The monoisotopic (exact) mass is 302 g/mol. The Morgan fingerprint density at radius 1 is 1.53 bits per heavy atom. The van der Waals surface area contributed by atoms with Gasteiger partial charge in [0.25, 0.3) is 11.6 Å². The van der Waals surface area contributed by atoms with Gasteiger partial charge in [0.1, 0.15) is 0 Å². The third-order valence-corrected chi connectivity index (χ3v) is 2.69. The van der Waals surface area contributed by atoms with Gasteiger partial charge in [0, 0.05) is 29.1 Å². The first kappa shape index (κ1) is 13.6. The fourth-order valence-electron chi connectivity index (χ4n) is 1.26. The predicted octanol–water partition coefficient (Wildman–Crippen LogP) is 1.21. The van der Waals surface area contributed by atoms with Crippen LogP contribution in [0.5, 0.6) is 0 Å². The van der Waals surface area contributed by atoms with Gasteiger partial charge in [-0.2, -0.15) is 0 Å². The highest BCUT2D eigenvalue weighted by Crippen LogP contribution is 2.22. The molecule has 0 saturated carbocycles. The van der Waals surface area contributed by atoms with Crippen molar-refractivity contribution in [3.63, 3.8) is 0 Å². The second-order valence-electron chi connectivity index (χ2n) is 3.21. The number of aliphatic hydroxyl groups is 1. The maximum absolute atomic E-state index is 11.5. The zero-order valence-electron chi connectivity index (χ0n) is 8.85. The van der Waals surface area contributed by atoms with Crippen molar-refractivity contribution in [3.05, 3.63) is 39.4 Å². The van der Waals surface area contributed by atoms with Crippen LogP contribution in [0.15, 0.2) is 18.2 Å². The van der Waals surface area contributed by atoms with Crippen LogP contribution in [0.4, 0.5) is 5.69 Å². The Hall–Kier alpha value is -1.47. The number of carbonyl (C=O) groups excluding carboxylic acids is 1. The lowest BCUT2D eigenvalue weighted by Crippen LogP contribution is -2.26. The van der Waals surface area contributed by atoms with Crippen LogP contribution in [0.1, 0.15) is 15.9 Å². The highest BCUT2D eigenvalue weighted by atomic mass is 79.9. The van der Waals surface area contributed by atoms with Gasteiger partial charge in [0.15, 0.2) is 0 Å². The molecular formula is C10H11BrN2O4. The SMILES string of the molecule is O=C(NCCO)c1ccc(CBr)c([N+](=O)[O-])c1. The van der Waals surface area contributed by atoms with E-state index < -0.39 is 10.8 Å². The first-order valence-corrected chi connectivity index (χ1v) is 5.94. The minimum Gasteiger partial charge on any atom is -0.395 e. The van der Waals surface area contributed by atoms with Crippen LogP contribution in [-0.2, 0) is 5.33 Å². The van der Waals surface area contributed by atoms with E-state index in [0.29, 0.717) is 10.9 Å². The summed E-state index contributed by atoms with van der Waals surface area (Å²) in [6.45, 7) is -0.0554. The van der Waals surface area contributed by atoms with Crippen molar-refractivity contribution >= 4 is 27.5 Å². The number of halogens is 1. The van der Waals surface area contributed by atoms with Gasteiger partial charge in [-0.15, -0.1) is 0 Å². The van der Waals surface area contributed by atoms with Crippen LogP contribution in [0.2, 0.25) is 0 Å². The fraction of sp³-hybridized carbons (Fsp3) is 0.300. The summed E-state index contributed by atoms with van der Waals surface area (Å²) in [5.74, 6) is -0.441. The zero-order valence-corrected chi connectivity index (χ0v) is 10.4. The second kappa shape index (κ2) is 6.31. The molecule has 0 saturated heterocycles. The maximum Gasteiger partial charge on any atom is 0.274 e. The summed E-state index contributed by atoms with van der Waals surface area (Å²) in [4.78, 5) is 21.8. The van der Waals surface area contributed by atoms with Gasteiger partial charge in [0.2, 0.25) is 0 Å². The Morgan fingerprint density at radius 3 is 2.76 bits per heavy atom. The van der Waals surface area contributed by atoms with Gasteiger partial charge in [-0.05, 0) is 6.07 Å². The van der Waals surface area contributed by atoms with E-state index in [1.54, 1.807) is 0 Å². The Balaban J connectivity index is 2.99. The summed E-state index contributed by atoms with van der Waals surface area (Å²) < 4.78 is 0. The van der Waals surface area contributed by atoms with Gasteiger partial charge in [-0.25, -0.2) is 0 Å². The average molecular weight is 303 g/mol. The highest BCUT2D eigenvalue weighted by molar-refractivity contribution is 9.08. The van der Waals surface area contributed by atoms with Gasteiger partial charge in [0.05, 0.1) is 11.5 Å². The molecule has 0 heterocycles. The normalized spacial score (nSPS) is 10.0. The van der Waals surface area contributed by atoms with E-state index in [0.717, 1.165) is 0 Å².